The molecule has 2 saturated heterocycles. The Bertz CT molecular complexity index is 2100. The van der Waals surface area contributed by atoms with E-state index in [9.17, 15) is 33.9 Å². The number of benzene rings is 2. The monoisotopic (exact) mass is 812 g/mol. The number of aromatic nitrogens is 2. The third kappa shape index (κ3) is 10.7. The number of thiazole rings is 1. The molecule has 0 aliphatic carbocycles. The van der Waals surface area contributed by atoms with E-state index in [-0.39, 0.29) is 51.1 Å². The number of nitrogens with zero attached hydrogens (tertiary/aromatic N) is 2. The van der Waals surface area contributed by atoms with Crippen LogP contribution in [0.15, 0.2) is 66.2 Å². The second-order valence-corrected chi connectivity index (χ2v) is 16.4. The van der Waals surface area contributed by atoms with Gasteiger partial charge in [-0.1, -0.05) is 62.4 Å². The number of carbonyl (C=O) groups excluding carboxylic acids is 6. The summed E-state index contributed by atoms with van der Waals surface area (Å²) in [6, 6.07) is 11.8. The Kier molecular flexibility index (Phi) is 13.9. The van der Waals surface area contributed by atoms with Crippen molar-refractivity contribution in [3.8, 4) is 10.6 Å². The second-order valence-electron chi connectivity index (χ2n) is 15.5. The van der Waals surface area contributed by atoms with Crippen molar-refractivity contribution in [2.75, 3.05) is 13.1 Å². The molecular weight excluding hydrogens is 761 g/mol. The highest BCUT2D eigenvalue weighted by Gasteiger charge is 2.42. The minimum Gasteiger partial charge on any atom is -0.391 e. The number of fused-ring (bicyclic) bond motifs is 2. The van der Waals surface area contributed by atoms with Crippen molar-refractivity contribution in [3.63, 3.8) is 0 Å². The van der Waals surface area contributed by atoms with Gasteiger partial charge in [0.15, 0.2) is 0 Å². The van der Waals surface area contributed by atoms with Gasteiger partial charge >= 0.3 is 0 Å². The summed E-state index contributed by atoms with van der Waals surface area (Å²) in [4.78, 5) is 91.9. The number of rotatable bonds is 8. The molecule has 16 heteroatoms. The zero-order valence-electron chi connectivity index (χ0n) is 33.0. The zero-order chi connectivity index (χ0) is 41.3. The first kappa shape index (κ1) is 42.0. The first-order valence-electron chi connectivity index (χ1n) is 19.9. The molecule has 7 N–H and O–H groups in total. The van der Waals surface area contributed by atoms with E-state index < -0.39 is 71.8 Å². The fraction of sp³-hybridized carbons (Fsp3) is 0.452. The maximum absolute atomic E-state index is 14.2. The topological polar surface area (TPSA) is 215 Å². The Hall–Kier alpha value is -5.61. The van der Waals surface area contributed by atoms with Crippen molar-refractivity contribution in [2.24, 2.45) is 5.92 Å². The van der Waals surface area contributed by atoms with Crippen LogP contribution < -0.4 is 26.6 Å². The van der Waals surface area contributed by atoms with Gasteiger partial charge in [0, 0.05) is 54.0 Å². The molecule has 6 rings (SSSR count). The van der Waals surface area contributed by atoms with Gasteiger partial charge in [0.1, 0.15) is 35.2 Å². The van der Waals surface area contributed by atoms with Gasteiger partial charge < -0.3 is 41.6 Å². The van der Waals surface area contributed by atoms with Gasteiger partial charge in [-0.2, -0.15) is 0 Å². The number of aromatic amines is 1. The maximum Gasteiger partial charge on any atom is 0.245 e. The molecule has 58 heavy (non-hydrogen) atoms. The molecule has 6 atom stereocenters. The zero-order valence-corrected chi connectivity index (χ0v) is 33.8. The number of aliphatic hydroxyl groups is 1. The molecule has 0 unspecified atom stereocenters. The largest absolute Gasteiger partial charge is 0.391 e. The molecule has 0 bridgehead atoms. The summed E-state index contributed by atoms with van der Waals surface area (Å²) in [6.07, 6.45) is 2.17. The van der Waals surface area contributed by atoms with Crippen molar-refractivity contribution < 1.29 is 33.9 Å². The molecule has 0 radical (unpaired) electrons. The first-order chi connectivity index (χ1) is 27.9. The van der Waals surface area contributed by atoms with Crippen molar-refractivity contribution in [2.45, 2.75) is 102 Å². The molecule has 15 nitrogen and oxygen atoms in total. The lowest BCUT2D eigenvalue weighted by molar-refractivity contribution is -0.142. The smallest absolute Gasteiger partial charge is 0.245 e. The van der Waals surface area contributed by atoms with E-state index in [4.69, 9.17) is 0 Å². The number of hydrogen-bond donors (Lipinski definition) is 7. The summed E-state index contributed by atoms with van der Waals surface area (Å²) in [5.41, 5.74) is 3.06. The third-order valence-electron chi connectivity index (χ3n) is 10.5. The van der Waals surface area contributed by atoms with Crippen molar-refractivity contribution in [3.05, 3.63) is 77.4 Å². The summed E-state index contributed by atoms with van der Waals surface area (Å²) >= 11 is 1.41. The number of aliphatic hydroxyl groups excluding tert-OH is 1. The summed E-state index contributed by atoms with van der Waals surface area (Å²) in [6.45, 7) is 5.45. The number of amides is 6. The molecule has 2 aliphatic heterocycles. The number of carbonyl (C=O) groups is 6. The Morgan fingerprint density at radius 1 is 0.931 bits per heavy atom. The standard InChI is InChI=1S/C42H52N8O7S/c1-24(2)17-34-42(57)50-22-29(51)20-35(50)40(56)43-16-10-9-15-32(47-36(52)19-28-23-58-41(46-28)26-11-5-4-6-12-26)38(54)45-25(3)37(53)48-33(39(55)49-34)18-27-21-44-31-14-8-7-13-30(27)31/h4-8,11-14,21,23-25,29,32-35,44,51H,9-10,15-20,22H2,1-3H3,(H,43,56)(H,45,54)(H,47,52)(H,48,53)(H,49,55)/t25-,29-,32+,33+,34-,35+/m1/s1. The van der Waals surface area contributed by atoms with E-state index in [1.807, 2.05) is 68.4 Å². The normalized spacial score (nSPS) is 24.2. The van der Waals surface area contributed by atoms with Crippen LogP contribution >= 0.6 is 11.3 Å². The fourth-order valence-corrected chi connectivity index (χ4v) is 8.29. The van der Waals surface area contributed by atoms with E-state index in [2.05, 4.69) is 36.6 Å². The van der Waals surface area contributed by atoms with Crippen LogP contribution in [0.3, 0.4) is 0 Å². The number of nitrogens with one attached hydrogen (secondary N) is 6. The highest BCUT2D eigenvalue weighted by molar-refractivity contribution is 7.13. The summed E-state index contributed by atoms with van der Waals surface area (Å²) in [5.74, 6) is -3.25. The predicted octanol–water partition coefficient (Wildman–Crippen LogP) is 2.34. The van der Waals surface area contributed by atoms with E-state index in [1.54, 1.807) is 11.6 Å². The van der Waals surface area contributed by atoms with Crippen molar-refractivity contribution in [1.29, 1.82) is 0 Å². The third-order valence-corrected chi connectivity index (χ3v) is 11.4. The average molecular weight is 813 g/mol. The van der Waals surface area contributed by atoms with Crippen molar-refractivity contribution >= 4 is 57.7 Å². The summed E-state index contributed by atoms with van der Waals surface area (Å²) < 4.78 is 0. The summed E-state index contributed by atoms with van der Waals surface area (Å²) in [5, 5.41) is 28.1. The van der Waals surface area contributed by atoms with Crippen LogP contribution in [0.5, 0.6) is 0 Å². The van der Waals surface area contributed by atoms with E-state index in [0.717, 1.165) is 27.0 Å². The van der Waals surface area contributed by atoms with Crippen LogP contribution in [0.4, 0.5) is 0 Å². The van der Waals surface area contributed by atoms with E-state index >= 15 is 0 Å². The molecule has 308 valence electrons. The second kappa shape index (κ2) is 19.2. The molecule has 0 spiro atoms. The Morgan fingerprint density at radius 2 is 1.67 bits per heavy atom. The molecule has 2 aromatic carbocycles. The number of H-pyrrole nitrogens is 1. The molecular formula is C42H52N8O7S. The highest BCUT2D eigenvalue weighted by Crippen LogP contribution is 2.25. The molecule has 2 aliphatic rings. The molecule has 2 aromatic heterocycles. The lowest BCUT2D eigenvalue weighted by atomic mass is 10.00. The van der Waals surface area contributed by atoms with Gasteiger partial charge in [0.2, 0.25) is 35.4 Å². The molecule has 2 fully saturated rings. The number of para-hydroxylation sites is 1. The van der Waals surface area contributed by atoms with Gasteiger partial charge in [-0.15, -0.1) is 11.3 Å². The van der Waals surface area contributed by atoms with Crippen molar-refractivity contribution in [1.82, 2.24) is 41.5 Å². The van der Waals surface area contributed by atoms with E-state index in [1.165, 1.54) is 23.2 Å². The van der Waals surface area contributed by atoms with Crippen LogP contribution in [-0.4, -0.2) is 105 Å². The molecule has 4 aromatic rings. The van der Waals surface area contributed by atoms with Crippen LogP contribution in [-0.2, 0) is 41.6 Å². The SMILES string of the molecule is CC(C)C[C@H]1NC(=O)[C@H](Cc2c[nH]c3ccccc23)NC(=O)[C@@H](C)NC(=O)[C@@H](NC(=O)Cc2csc(-c3ccccc3)n2)CCCCNC(=O)[C@@H]2C[C@@H](O)CN2C1=O. The van der Waals surface area contributed by atoms with Gasteiger partial charge in [-0.3, -0.25) is 28.8 Å². The Balaban J connectivity index is 1.24. The Morgan fingerprint density at radius 3 is 2.45 bits per heavy atom. The average Bonchev–Trinajstić information content (AvgIpc) is 3.95. The van der Waals surface area contributed by atoms with E-state index in [0.29, 0.717) is 18.5 Å². The van der Waals surface area contributed by atoms with Gasteiger partial charge in [0.25, 0.3) is 0 Å². The minimum atomic E-state index is -1.17. The summed E-state index contributed by atoms with van der Waals surface area (Å²) in [7, 11) is 0. The molecule has 0 saturated carbocycles. The molecule has 4 heterocycles. The molecule has 6 amide bonds. The maximum atomic E-state index is 14.2. The quantitative estimate of drug-likeness (QED) is 0.140. The van der Waals surface area contributed by atoms with Crippen LogP contribution in [0.25, 0.3) is 21.5 Å². The lowest BCUT2D eigenvalue weighted by Crippen LogP contribution is -2.59. The van der Waals surface area contributed by atoms with Crippen LogP contribution in [0, 0.1) is 5.92 Å². The van der Waals surface area contributed by atoms with Crippen LogP contribution in [0.2, 0.25) is 0 Å². The fourth-order valence-electron chi connectivity index (χ4n) is 7.46. The Labute approximate surface area is 341 Å². The van der Waals surface area contributed by atoms with Gasteiger partial charge in [-0.25, -0.2) is 4.98 Å². The van der Waals surface area contributed by atoms with Crippen LogP contribution in [0.1, 0.15) is 64.1 Å². The first-order valence-corrected chi connectivity index (χ1v) is 20.8. The highest BCUT2D eigenvalue weighted by atomic mass is 32.1. The predicted molar refractivity (Wildman–Crippen MR) is 219 cm³/mol. The minimum absolute atomic E-state index is 0.0331. The lowest BCUT2D eigenvalue weighted by Gasteiger charge is -2.30. The van der Waals surface area contributed by atoms with Gasteiger partial charge in [-0.05, 0) is 50.2 Å². The number of hydrogen-bond acceptors (Lipinski definition) is 9. The van der Waals surface area contributed by atoms with Gasteiger partial charge in [0.05, 0.1) is 18.2 Å².